The third kappa shape index (κ3) is 7.68. The molecule has 0 saturated carbocycles. The Bertz CT molecular complexity index is 988. The number of carbonyl (C=O) groups excluding carboxylic acids is 1. The van der Waals surface area contributed by atoms with Crippen molar-refractivity contribution in [3.05, 3.63) is 121 Å². The lowest BCUT2D eigenvalue weighted by Crippen LogP contribution is -2.35. The average Bonchev–Trinajstić information content (AvgIpc) is 2.91. The van der Waals surface area contributed by atoms with E-state index in [-0.39, 0.29) is 5.78 Å². The molecule has 0 aromatic heterocycles. The third-order valence-corrected chi connectivity index (χ3v) is 11.0. The highest BCUT2D eigenvalue weighted by molar-refractivity contribution is 7.73. The lowest BCUT2D eigenvalue weighted by atomic mass is 10.4. The van der Waals surface area contributed by atoms with Crippen LogP contribution in [0.3, 0.4) is 0 Å². The number of hydrogen-bond acceptors (Lipinski definition) is 2. The summed E-state index contributed by atoms with van der Waals surface area (Å²) in [5.41, 5.74) is 0. The van der Waals surface area contributed by atoms with Crippen LogP contribution in [0, 0.1) is 0 Å². The summed E-state index contributed by atoms with van der Waals surface area (Å²) in [7, 11) is -0.940. The van der Waals surface area contributed by atoms with Gasteiger partial charge in [0.2, 0.25) is 0 Å². The molecule has 0 aliphatic carbocycles. The van der Waals surface area contributed by atoms with Gasteiger partial charge in [0.1, 0.15) is 5.78 Å². The minimum absolute atomic E-state index is 0.234. The van der Waals surface area contributed by atoms with Crippen molar-refractivity contribution in [1.82, 2.24) is 4.90 Å². The van der Waals surface area contributed by atoms with Crippen LogP contribution in [0.15, 0.2) is 121 Å². The van der Waals surface area contributed by atoms with E-state index in [0.717, 1.165) is 25.4 Å². The standard InChI is InChI=1S/C31H33NOP2/c1-27(33)26-32(22-24-34(28-14-6-2-7-15-28)29-16-8-3-9-17-29)23-25-35(30-18-10-4-11-19-30)31-20-12-5-13-21-31/h2-21H,22-26H2,1H3. The molecule has 4 heteroatoms. The average molecular weight is 498 g/mol. The van der Waals surface area contributed by atoms with Crippen LogP contribution in [0.5, 0.6) is 0 Å². The minimum Gasteiger partial charge on any atom is -0.299 e. The number of ketones is 1. The largest absolute Gasteiger partial charge is 0.299 e. The predicted molar refractivity (Wildman–Crippen MR) is 155 cm³/mol. The highest BCUT2D eigenvalue weighted by atomic mass is 31.1. The van der Waals surface area contributed by atoms with Gasteiger partial charge in [0.25, 0.3) is 0 Å². The number of nitrogens with zero attached hydrogens (tertiary/aromatic N) is 1. The zero-order valence-corrected chi connectivity index (χ0v) is 22.1. The molecule has 0 N–H and O–H groups in total. The Hall–Kier alpha value is -2.63. The van der Waals surface area contributed by atoms with Crippen LogP contribution in [0.1, 0.15) is 6.92 Å². The van der Waals surface area contributed by atoms with Crippen LogP contribution < -0.4 is 21.2 Å². The van der Waals surface area contributed by atoms with Gasteiger partial charge < -0.3 is 0 Å². The molecule has 4 aromatic rings. The first kappa shape index (κ1) is 25.5. The van der Waals surface area contributed by atoms with Gasteiger partial charge >= 0.3 is 0 Å². The lowest BCUT2D eigenvalue weighted by Gasteiger charge is -2.27. The molecule has 35 heavy (non-hydrogen) atoms. The highest BCUT2D eigenvalue weighted by Gasteiger charge is 2.19. The van der Waals surface area contributed by atoms with Crippen molar-refractivity contribution < 1.29 is 4.79 Å². The highest BCUT2D eigenvalue weighted by Crippen LogP contribution is 2.35. The van der Waals surface area contributed by atoms with Crippen molar-refractivity contribution in [1.29, 1.82) is 0 Å². The van der Waals surface area contributed by atoms with Crippen LogP contribution in [-0.4, -0.2) is 42.6 Å². The van der Waals surface area contributed by atoms with E-state index in [1.807, 2.05) is 0 Å². The van der Waals surface area contributed by atoms with E-state index in [1.165, 1.54) is 21.2 Å². The second-order valence-electron chi connectivity index (χ2n) is 8.62. The molecule has 0 atom stereocenters. The van der Waals surface area contributed by atoms with Crippen molar-refractivity contribution in [2.24, 2.45) is 0 Å². The molecule has 0 amide bonds. The van der Waals surface area contributed by atoms with Crippen LogP contribution in [-0.2, 0) is 4.79 Å². The van der Waals surface area contributed by atoms with Gasteiger partial charge in [-0.25, -0.2) is 0 Å². The van der Waals surface area contributed by atoms with E-state index >= 15 is 0 Å². The molecule has 178 valence electrons. The molecular formula is C31H33NOP2. The number of hydrogen-bond donors (Lipinski definition) is 0. The number of carbonyl (C=O) groups is 1. The molecule has 0 fully saturated rings. The maximum absolute atomic E-state index is 12.2. The van der Waals surface area contributed by atoms with E-state index < -0.39 is 15.8 Å². The summed E-state index contributed by atoms with van der Waals surface area (Å²) in [4.78, 5) is 14.6. The summed E-state index contributed by atoms with van der Waals surface area (Å²) in [6.45, 7) is 4.06. The summed E-state index contributed by atoms with van der Waals surface area (Å²) >= 11 is 0. The fourth-order valence-electron chi connectivity index (χ4n) is 4.31. The SMILES string of the molecule is CC(=O)CN(CCP(c1ccccc1)c1ccccc1)CCP(c1ccccc1)c1ccccc1. The fourth-order valence-corrected chi connectivity index (χ4v) is 9.04. The Morgan fingerprint density at radius 1 is 0.543 bits per heavy atom. The van der Waals surface area contributed by atoms with Gasteiger partial charge in [-0.05, 0) is 56.3 Å². The second-order valence-corrected chi connectivity index (χ2v) is 13.3. The van der Waals surface area contributed by atoms with E-state index in [2.05, 4.69) is 126 Å². The zero-order chi connectivity index (χ0) is 24.3. The molecule has 0 aliphatic rings. The first-order chi connectivity index (χ1) is 17.2. The molecule has 0 spiro atoms. The Morgan fingerprint density at radius 2 is 0.829 bits per heavy atom. The first-order valence-electron chi connectivity index (χ1n) is 12.2. The van der Waals surface area contributed by atoms with Gasteiger partial charge in [-0.15, -0.1) is 0 Å². The second kappa shape index (κ2) is 13.5. The van der Waals surface area contributed by atoms with Gasteiger partial charge in [0.05, 0.1) is 6.54 Å². The van der Waals surface area contributed by atoms with Crippen LogP contribution in [0.25, 0.3) is 0 Å². The number of rotatable bonds is 12. The first-order valence-corrected chi connectivity index (χ1v) is 15.2. The van der Waals surface area contributed by atoms with Gasteiger partial charge in [-0.1, -0.05) is 121 Å². The molecule has 0 saturated heterocycles. The molecule has 4 rings (SSSR count). The molecule has 2 nitrogen and oxygen atoms in total. The third-order valence-electron chi connectivity index (χ3n) is 6.00. The van der Waals surface area contributed by atoms with Gasteiger partial charge in [-0.2, -0.15) is 0 Å². The maximum Gasteiger partial charge on any atom is 0.143 e. The summed E-state index contributed by atoms with van der Waals surface area (Å²) in [6.07, 6.45) is 2.09. The molecular weight excluding hydrogens is 464 g/mol. The number of Topliss-reactive ketones (excluding diaryl/α,β-unsaturated/α-hetero) is 1. The smallest absolute Gasteiger partial charge is 0.143 e. The molecule has 0 aliphatic heterocycles. The van der Waals surface area contributed by atoms with E-state index in [9.17, 15) is 4.79 Å². The predicted octanol–water partition coefficient (Wildman–Crippen LogP) is 5.14. The van der Waals surface area contributed by atoms with Crippen molar-refractivity contribution in [2.45, 2.75) is 6.92 Å². The van der Waals surface area contributed by atoms with Crippen LogP contribution in [0.2, 0.25) is 0 Å². The van der Waals surface area contributed by atoms with Gasteiger partial charge in [-0.3, -0.25) is 9.69 Å². The normalized spacial score (nSPS) is 11.3. The molecule has 0 unspecified atom stereocenters. The maximum atomic E-state index is 12.2. The van der Waals surface area contributed by atoms with Crippen molar-refractivity contribution in [3.63, 3.8) is 0 Å². The summed E-state index contributed by atoms with van der Waals surface area (Å²) in [5.74, 6) is 0.234. The molecule has 0 radical (unpaired) electrons. The molecule has 0 bridgehead atoms. The van der Waals surface area contributed by atoms with Gasteiger partial charge in [0, 0.05) is 13.1 Å². The quantitative estimate of drug-likeness (QED) is 0.253. The molecule has 0 heterocycles. The Morgan fingerprint density at radius 3 is 1.09 bits per heavy atom. The fraction of sp³-hybridized carbons (Fsp3) is 0.194. The Balaban J connectivity index is 1.51. The van der Waals surface area contributed by atoms with E-state index in [0.29, 0.717) is 6.54 Å². The monoisotopic (exact) mass is 497 g/mol. The van der Waals surface area contributed by atoms with Crippen molar-refractivity contribution in [2.75, 3.05) is 32.0 Å². The van der Waals surface area contributed by atoms with Crippen molar-refractivity contribution in [3.8, 4) is 0 Å². The van der Waals surface area contributed by atoms with Crippen LogP contribution >= 0.6 is 15.8 Å². The van der Waals surface area contributed by atoms with E-state index in [4.69, 9.17) is 0 Å². The number of benzene rings is 4. The summed E-state index contributed by atoms with van der Waals surface area (Å²) in [6, 6.07) is 43.4. The van der Waals surface area contributed by atoms with Crippen LogP contribution in [0.4, 0.5) is 0 Å². The lowest BCUT2D eigenvalue weighted by molar-refractivity contribution is -0.118. The molecule has 4 aromatic carbocycles. The zero-order valence-electron chi connectivity index (χ0n) is 20.3. The Kier molecular flexibility index (Phi) is 9.79. The summed E-state index contributed by atoms with van der Waals surface area (Å²) in [5, 5.41) is 5.58. The van der Waals surface area contributed by atoms with E-state index in [1.54, 1.807) is 6.92 Å². The van der Waals surface area contributed by atoms with Crippen molar-refractivity contribution >= 4 is 42.8 Å². The minimum atomic E-state index is -0.470. The summed E-state index contributed by atoms with van der Waals surface area (Å²) < 4.78 is 0. The van der Waals surface area contributed by atoms with Gasteiger partial charge in [0.15, 0.2) is 0 Å². The Labute approximate surface area is 212 Å². The topological polar surface area (TPSA) is 20.3 Å².